The summed E-state index contributed by atoms with van der Waals surface area (Å²) in [5, 5.41) is 13.3. The molecule has 0 fully saturated rings. The van der Waals surface area contributed by atoms with E-state index in [-0.39, 0.29) is 0 Å². The van der Waals surface area contributed by atoms with Gasteiger partial charge in [0, 0.05) is 18.7 Å². The maximum absolute atomic E-state index is 10.2. The van der Waals surface area contributed by atoms with Gasteiger partial charge in [-0.15, -0.1) is 0 Å². The zero-order valence-corrected chi connectivity index (χ0v) is 10.3. The lowest BCUT2D eigenvalue weighted by Gasteiger charge is -2.30. The molecule has 15 heavy (non-hydrogen) atoms. The molecule has 1 unspecified atom stereocenters. The lowest BCUT2D eigenvalue weighted by atomic mass is 10.1. The van der Waals surface area contributed by atoms with Crippen molar-refractivity contribution in [2.45, 2.75) is 32.9 Å². The third-order valence-electron chi connectivity index (χ3n) is 2.60. The smallest absolute Gasteiger partial charge is 0.136 e. The van der Waals surface area contributed by atoms with Crippen molar-refractivity contribution in [2.75, 3.05) is 19.6 Å². The van der Waals surface area contributed by atoms with Crippen molar-refractivity contribution in [1.29, 1.82) is 0 Å². The van der Waals surface area contributed by atoms with Crippen LogP contribution >= 0.6 is 12.2 Å². The van der Waals surface area contributed by atoms with Gasteiger partial charge in [-0.3, -0.25) is 4.90 Å². The van der Waals surface area contributed by atoms with Gasteiger partial charge in [0.05, 0.1) is 0 Å². The van der Waals surface area contributed by atoms with Crippen molar-refractivity contribution in [2.24, 2.45) is 0 Å². The van der Waals surface area contributed by atoms with Gasteiger partial charge in [0.25, 0.3) is 0 Å². The van der Waals surface area contributed by atoms with Crippen LogP contribution in [-0.4, -0.2) is 40.9 Å². The number of rotatable bonds is 5. The summed E-state index contributed by atoms with van der Waals surface area (Å²) in [6.45, 7) is 6.79. The highest BCUT2D eigenvalue weighted by Crippen LogP contribution is 2.13. The average Bonchev–Trinajstić information content (AvgIpc) is 2.25. The van der Waals surface area contributed by atoms with Crippen LogP contribution in [0.4, 0.5) is 0 Å². The van der Waals surface area contributed by atoms with Crippen LogP contribution in [0, 0.1) is 0 Å². The Bertz CT molecular complexity index is 253. The molecule has 0 amide bonds. The van der Waals surface area contributed by atoms with Crippen LogP contribution < -0.4 is 5.32 Å². The quantitative estimate of drug-likeness (QED) is 0.549. The van der Waals surface area contributed by atoms with Gasteiger partial charge in [-0.1, -0.05) is 32.1 Å². The highest BCUT2D eigenvalue weighted by atomic mass is 32.1. The maximum atomic E-state index is 10.2. The minimum atomic E-state index is -0.546. The molecule has 0 aliphatic carbocycles. The van der Waals surface area contributed by atoms with Crippen molar-refractivity contribution in [1.82, 2.24) is 10.2 Å². The predicted octanol–water partition coefficient (Wildman–Crippen LogP) is 1.28. The van der Waals surface area contributed by atoms with Crippen molar-refractivity contribution >= 4 is 17.2 Å². The third-order valence-corrected chi connectivity index (χ3v) is 2.98. The molecule has 0 saturated carbocycles. The van der Waals surface area contributed by atoms with E-state index in [4.69, 9.17) is 12.2 Å². The van der Waals surface area contributed by atoms with E-state index in [0.29, 0.717) is 4.99 Å². The number of thiocarbonyl (C=S) groups is 1. The minimum absolute atomic E-state index is 0.546. The molecule has 0 aromatic carbocycles. The Kier molecular flexibility index (Phi) is 5.22. The molecule has 0 aromatic rings. The van der Waals surface area contributed by atoms with Gasteiger partial charge in [0.15, 0.2) is 0 Å². The van der Waals surface area contributed by atoms with Crippen LogP contribution in [0.2, 0.25) is 0 Å². The Labute approximate surface area is 97.2 Å². The zero-order chi connectivity index (χ0) is 11.3. The van der Waals surface area contributed by atoms with Gasteiger partial charge < -0.3 is 10.4 Å². The normalized spacial score (nSPS) is 18.7. The number of hydrogen-bond acceptors (Lipinski definition) is 3. The molecule has 0 aromatic heterocycles. The molecule has 1 rings (SSSR count). The lowest BCUT2D eigenvalue weighted by molar-refractivity contribution is 0.0404. The van der Waals surface area contributed by atoms with Gasteiger partial charge in [0.2, 0.25) is 0 Å². The van der Waals surface area contributed by atoms with Crippen molar-refractivity contribution in [3.05, 3.63) is 11.6 Å². The Morgan fingerprint density at radius 1 is 1.60 bits per heavy atom. The van der Waals surface area contributed by atoms with Gasteiger partial charge in [-0.05, 0) is 19.4 Å². The number of likely N-dealkylation sites (N-methyl/N-ethyl adjacent to an activating group) is 1. The minimum Gasteiger partial charge on any atom is -0.376 e. The molecule has 4 heteroatoms. The number of hydrogen-bond donors (Lipinski definition) is 2. The fraction of sp³-hybridized carbons (Fsp3) is 0.727. The summed E-state index contributed by atoms with van der Waals surface area (Å²) in [6.07, 6.45) is 3.48. The number of nitrogens with one attached hydrogen (secondary N) is 1. The molecule has 0 bridgehead atoms. The first-order valence-electron chi connectivity index (χ1n) is 5.61. The standard InChI is InChI=1S/C11H20N2OS/c1-3-8-13(4-2)11(14)9-6-5-7-12-10(9)15/h6,11,14H,3-5,7-8H2,1-2H3,(H,12,15). The molecule has 86 valence electrons. The summed E-state index contributed by atoms with van der Waals surface area (Å²) < 4.78 is 0. The fourth-order valence-electron chi connectivity index (χ4n) is 1.77. The topological polar surface area (TPSA) is 35.5 Å². The summed E-state index contributed by atoms with van der Waals surface area (Å²) in [5.74, 6) is 0. The van der Waals surface area contributed by atoms with Crippen molar-refractivity contribution in [3.8, 4) is 0 Å². The van der Waals surface area contributed by atoms with Crippen LogP contribution in [0.5, 0.6) is 0 Å². The maximum Gasteiger partial charge on any atom is 0.136 e. The first-order valence-corrected chi connectivity index (χ1v) is 6.01. The highest BCUT2D eigenvalue weighted by molar-refractivity contribution is 7.80. The van der Waals surface area contributed by atoms with Crippen LogP contribution in [0.15, 0.2) is 11.6 Å². The molecule has 0 saturated heterocycles. The van der Waals surface area contributed by atoms with Gasteiger partial charge in [0.1, 0.15) is 11.2 Å². The molecular formula is C11H20N2OS. The molecule has 3 nitrogen and oxygen atoms in total. The Morgan fingerprint density at radius 2 is 2.33 bits per heavy atom. The lowest BCUT2D eigenvalue weighted by Crippen LogP contribution is -2.43. The highest BCUT2D eigenvalue weighted by Gasteiger charge is 2.22. The monoisotopic (exact) mass is 228 g/mol. The van der Waals surface area contributed by atoms with Crippen LogP contribution in [0.1, 0.15) is 26.7 Å². The van der Waals surface area contributed by atoms with E-state index in [9.17, 15) is 5.11 Å². The molecule has 1 heterocycles. The summed E-state index contributed by atoms with van der Waals surface area (Å²) in [4.78, 5) is 2.73. The number of aliphatic hydroxyl groups is 1. The summed E-state index contributed by atoms with van der Waals surface area (Å²) >= 11 is 5.19. The predicted molar refractivity (Wildman–Crippen MR) is 66.8 cm³/mol. The second-order valence-electron chi connectivity index (χ2n) is 3.71. The summed E-state index contributed by atoms with van der Waals surface area (Å²) in [5.41, 5.74) is 0.867. The van der Waals surface area contributed by atoms with Gasteiger partial charge >= 0.3 is 0 Å². The second-order valence-corrected chi connectivity index (χ2v) is 4.11. The Morgan fingerprint density at radius 3 is 2.87 bits per heavy atom. The van der Waals surface area contributed by atoms with Gasteiger partial charge in [-0.25, -0.2) is 0 Å². The molecule has 0 spiro atoms. The van der Waals surface area contributed by atoms with Gasteiger partial charge in [-0.2, -0.15) is 0 Å². The Hall–Kier alpha value is -0.450. The largest absolute Gasteiger partial charge is 0.376 e. The van der Waals surface area contributed by atoms with Crippen LogP contribution in [0.3, 0.4) is 0 Å². The summed E-state index contributed by atoms with van der Waals surface area (Å²) in [6, 6.07) is 0. The zero-order valence-electron chi connectivity index (χ0n) is 9.49. The van der Waals surface area contributed by atoms with E-state index in [1.54, 1.807) is 0 Å². The molecule has 1 aliphatic heterocycles. The van der Waals surface area contributed by atoms with E-state index < -0.39 is 6.23 Å². The van der Waals surface area contributed by atoms with E-state index in [0.717, 1.165) is 38.0 Å². The molecule has 1 aliphatic rings. The number of nitrogens with zero attached hydrogens (tertiary/aromatic N) is 1. The fourth-order valence-corrected chi connectivity index (χ4v) is 2.06. The molecule has 2 N–H and O–H groups in total. The van der Waals surface area contributed by atoms with E-state index in [1.807, 2.05) is 11.0 Å². The molecular weight excluding hydrogens is 208 g/mol. The molecule has 0 radical (unpaired) electrons. The SMILES string of the molecule is CCCN(CC)C(O)C1=CCCNC1=S. The van der Waals surface area contributed by atoms with Crippen LogP contribution in [0.25, 0.3) is 0 Å². The first-order chi connectivity index (χ1) is 7.20. The number of aliphatic hydroxyl groups excluding tert-OH is 1. The summed E-state index contributed by atoms with van der Waals surface area (Å²) in [7, 11) is 0. The van der Waals surface area contributed by atoms with E-state index in [1.165, 1.54) is 0 Å². The molecule has 1 atom stereocenters. The van der Waals surface area contributed by atoms with E-state index in [2.05, 4.69) is 19.2 Å². The van der Waals surface area contributed by atoms with Crippen LogP contribution in [-0.2, 0) is 0 Å². The van der Waals surface area contributed by atoms with E-state index >= 15 is 0 Å². The van der Waals surface area contributed by atoms with Crippen molar-refractivity contribution in [3.63, 3.8) is 0 Å². The average molecular weight is 228 g/mol. The first kappa shape index (κ1) is 12.6. The van der Waals surface area contributed by atoms with Crippen molar-refractivity contribution < 1.29 is 5.11 Å². The Balaban J connectivity index is 2.68. The second kappa shape index (κ2) is 6.20. The third kappa shape index (κ3) is 3.26.